The number of carbonyl (C=O) groups is 2. The monoisotopic (exact) mass is 272 g/mol. The van der Waals surface area contributed by atoms with Gasteiger partial charge < -0.3 is 10.6 Å². The average molecular weight is 272 g/mol. The third kappa shape index (κ3) is 2.69. The van der Waals surface area contributed by atoms with E-state index in [2.05, 4.69) is 20.8 Å². The van der Waals surface area contributed by atoms with Crippen molar-refractivity contribution in [2.24, 2.45) is 0 Å². The van der Waals surface area contributed by atoms with Crippen molar-refractivity contribution < 1.29 is 9.59 Å². The molecule has 0 aliphatic rings. The molecule has 0 atom stereocenters. The molecule has 1 aromatic carbocycles. The number of amides is 2. The largest absolute Gasteiger partial charge is 0.355 e. The van der Waals surface area contributed by atoms with Crippen molar-refractivity contribution in [2.45, 2.75) is 13.8 Å². The predicted octanol–water partition coefficient (Wildman–Crippen LogP) is 1.64. The lowest BCUT2D eigenvalue weighted by Gasteiger charge is -2.09. The fourth-order valence-electron chi connectivity index (χ4n) is 1.86. The molecule has 0 unspecified atom stereocenters. The van der Waals surface area contributed by atoms with Crippen LogP contribution in [0.5, 0.6) is 0 Å². The van der Waals surface area contributed by atoms with Gasteiger partial charge in [-0.2, -0.15) is 5.10 Å². The van der Waals surface area contributed by atoms with Gasteiger partial charge in [0, 0.05) is 24.0 Å². The summed E-state index contributed by atoms with van der Waals surface area (Å²) in [6.07, 6.45) is 1.49. The Labute approximate surface area is 116 Å². The highest BCUT2D eigenvalue weighted by atomic mass is 16.2. The molecule has 2 aromatic rings. The molecule has 20 heavy (non-hydrogen) atoms. The molecule has 0 bridgehead atoms. The van der Waals surface area contributed by atoms with E-state index in [1.54, 1.807) is 32.2 Å². The second-order valence-corrected chi connectivity index (χ2v) is 4.47. The van der Waals surface area contributed by atoms with Gasteiger partial charge in [-0.05, 0) is 37.6 Å². The van der Waals surface area contributed by atoms with E-state index >= 15 is 0 Å². The molecular formula is C14H16N4O2. The smallest absolute Gasteiger partial charge is 0.259 e. The molecule has 0 fully saturated rings. The first-order chi connectivity index (χ1) is 9.52. The Kier molecular flexibility index (Phi) is 3.84. The highest BCUT2D eigenvalue weighted by Gasteiger charge is 2.13. The van der Waals surface area contributed by atoms with Crippen LogP contribution in [0.25, 0.3) is 0 Å². The highest BCUT2D eigenvalue weighted by Crippen LogP contribution is 2.18. The first-order valence-corrected chi connectivity index (χ1v) is 6.17. The summed E-state index contributed by atoms with van der Waals surface area (Å²) >= 11 is 0. The lowest BCUT2D eigenvalue weighted by molar-refractivity contribution is 0.0962. The molecule has 0 saturated carbocycles. The van der Waals surface area contributed by atoms with Crippen LogP contribution in [-0.4, -0.2) is 29.1 Å². The molecule has 6 heteroatoms. The SMILES string of the molecule is CNC(=O)c1ccc(NC(=O)c2cn[nH]c2C)c(C)c1. The Balaban J connectivity index is 2.20. The highest BCUT2D eigenvalue weighted by molar-refractivity contribution is 6.05. The van der Waals surface area contributed by atoms with E-state index in [1.807, 2.05) is 6.92 Å². The van der Waals surface area contributed by atoms with Crippen LogP contribution < -0.4 is 10.6 Å². The molecule has 1 heterocycles. The van der Waals surface area contributed by atoms with E-state index in [1.165, 1.54) is 6.20 Å². The molecule has 0 aliphatic carbocycles. The van der Waals surface area contributed by atoms with Crippen molar-refractivity contribution in [2.75, 3.05) is 12.4 Å². The van der Waals surface area contributed by atoms with Gasteiger partial charge in [-0.25, -0.2) is 0 Å². The summed E-state index contributed by atoms with van der Waals surface area (Å²) in [5.74, 6) is -0.385. The van der Waals surface area contributed by atoms with Crippen molar-refractivity contribution >= 4 is 17.5 Å². The van der Waals surface area contributed by atoms with Crippen LogP contribution in [0.15, 0.2) is 24.4 Å². The number of H-pyrrole nitrogens is 1. The van der Waals surface area contributed by atoms with Crippen LogP contribution >= 0.6 is 0 Å². The second-order valence-electron chi connectivity index (χ2n) is 4.47. The minimum Gasteiger partial charge on any atom is -0.355 e. The van der Waals surface area contributed by atoms with Crippen LogP contribution in [0.4, 0.5) is 5.69 Å². The van der Waals surface area contributed by atoms with Gasteiger partial charge in [0.15, 0.2) is 0 Å². The van der Waals surface area contributed by atoms with E-state index in [0.717, 1.165) is 5.56 Å². The third-order valence-corrected chi connectivity index (χ3v) is 3.04. The Bertz CT molecular complexity index is 661. The molecule has 1 aromatic heterocycles. The van der Waals surface area contributed by atoms with E-state index in [-0.39, 0.29) is 11.8 Å². The number of hydrogen-bond acceptors (Lipinski definition) is 3. The first kappa shape index (κ1) is 13.8. The zero-order chi connectivity index (χ0) is 14.7. The van der Waals surface area contributed by atoms with Gasteiger partial charge >= 0.3 is 0 Å². The minimum absolute atomic E-state index is 0.156. The second kappa shape index (κ2) is 5.56. The Morgan fingerprint density at radius 1 is 1.20 bits per heavy atom. The van der Waals surface area contributed by atoms with E-state index in [0.29, 0.717) is 22.5 Å². The molecule has 2 rings (SSSR count). The van der Waals surface area contributed by atoms with E-state index in [4.69, 9.17) is 0 Å². The summed E-state index contributed by atoms with van der Waals surface area (Å²) in [6.45, 7) is 3.62. The topological polar surface area (TPSA) is 86.9 Å². The van der Waals surface area contributed by atoms with Crippen molar-refractivity contribution in [1.82, 2.24) is 15.5 Å². The number of anilines is 1. The minimum atomic E-state index is -0.230. The van der Waals surface area contributed by atoms with Crippen LogP contribution in [0.1, 0.15) is 32.0 Å². The maximum atomic E-state index is 12.1. The molecule has 104 valence electrons. The molecule has 0 spiro atoms. The standard InChI is InChI=1S/C14H16N4O2/c1-8-6-10(13(19)15-3)4-5-12(8)17-14(20)11-7-16-18-9(11)2/h4-7H,1-3H3,(H,15,19)(H,16,18)(H,17,20). The van der Waals surface area contributed by atoms with Crippen LogP contribution in [0, 0.1) is 13.8 Å². The number of aromatic amines is 1. The lowest BCUT2D eigenvalue weighted by atomic mass is 10.1. The van der Waals surface area contributed by atoms with Crippen molar-refractivity contribution in [3.8, 4) is 0 Å². The number of rotatable bonds is 3. The zero-order valence-corrected chi connectivity index (χ0v) is 11.6. The number of nitrogens with zero attached hydrogens (tertiary/aromatic N) is 1. The Morgan fingerprint density at radius 3 is 2.50 bits per heavy atom. The molecule has 6 nitrogen and oxygen atoms in total. The van der Waals surface area contributed by atoms with Gasteiger partial charge in [-0.3, -0.25) is 14.7 Å². The first-order valence-electron chi connectivity index (χ1n) is 6.17. The third-order valence-electron chi connectivity index (χ3n) is 3.04. The van der Waals surface area contributed by atoms with Gasteiger partial charge in [-0.15, -0.1) is 0 Å². The molecule has 3 N–H and O–H groups in total. The summed E-state index contributed by atoms with van der Waals surface area (Å²) in [4.78, 5) is 23.6. The summed E-state index contributed by atoms with van der Waals surface area (Å²) in [5.41, 5.74) is 3.26. The maximum Gasteiger partial charge on any atom is 0.259 e. The number of aromatic nitrogens is 2. The molecule has 0 radical (unpaired) electrons. The van der Waals surface area contributed by atoms with Crippen molar-refractivity contribution in [1.29, 1.82) is 0 Å². The number of hydrogen-bond donors (Lipinski definition) is 3. The predicted molar refractivity (Wildman–Crippen MR) is 75.8 cm³/mol. The Hall–Kier alpha value is -2.63. The van der Waals surface area contributed by atoms with E-state index in [9.17, 15) is 9.59 Å². The molecule has 0 aliphatic heterocycles. The van der Waals surface area contributed by atoms with Gasteiger partial charge in [-0.1, -0.05) is 0 Å². The number of benzene rings is 1. The summed E-state index contributed by atoms with van der Waals surface area (Å²) < 4.78 is 0. The van der Waals surface area contributed by atoms with Gasteiger partial charge in [0.1, 0.15) is 0 Å². The van der Waals surface area contributed by atoms with Gasteiger partial charge in [0.05, 0.1) is 11.8 Å². The fraction of sp³-hybridized carbons (Fsp3) is 0.214. The summed E-state index contributed by atoms with van der Waals surface area (Å²) in [6, 6.07) is 5.12. The number of carbonyl (C=O) groups excluding carboxylic acids is 2. The molecule has 0 saturated heterocycles. The molecule has 2 amide bonds. The fourth-order valence-corrected chi connectivity index (χ4v) is 1.86. The van der Waals surface area contributed by atoms with Crippen molar-refractivity contribution in [3.05, 3.63) is 46.8 Å². The zero-order valence-electron chi connectivity index (χ0n) is 11.6. The Morgan fingerprint density at radius 2 is 1.95 bits per heavy atom. The maximum absolute atomic E-state index is 12.1. The summed E-state index contributed by atoms with van der Waals surface area (Å²) in [7, 11) is 1.58. The van der Waals surface area contributed by atoms with Gasteiger partial charge in [0.2, 0.25) is 0 Å². The van der Waals surface area contributed by atoms with Crippen LogP contribution in [-0.2, 0) is 0 Å². The van der Waals surface area contributed by atoms with Crippen LogP contribution in [0.2, 0.25) is 0 Å². The van der Waals surface area contributed by atoms with Crippen molar-refractivity contribution in [3.63, 3.8) is 0 Å². The lowest BCUT2D eigenvalue weighted by Crippen LogP contribution is -2.18. The van der Waals surface area contributed by atoms with Crippen LogP contribution in [0.3, 0.4) is 0 Å². The number of aryl methyl sites for hydroxylation is 2. The average Bonchev–Trinajstić information content (AvgIpc) is 2.86. The summed E-state index contributed by atoms with van der Waals surface area (Å²) in [5, 5.41) is 11.9. The number of nitrogens with one attached hydrogen (secondary N) is 3. The quantitative estimate of drug-likeness (QED) is 0.793. The normalized spacial score (nSPS) is 10.2. The van der Waals surface area contributed by atoms with Gasteiger partial charge in [0.25, 0.3) is 11.8 Å². The molecular weight excluding hydrogens is 256 g/mol. The van der Waals surface area contributed by atoms with E-state index < -0.39 is 0 Å².